The minimum Gasteiger partial charge on any atom is -0.0724 e. The van der Waals surface area contributed by atoms with Gasteiger partial charge in [0.15, 0.2) is 0 Å². The molecule has 2 unspecified atom stereocenters. The molecule has 2 fully saturated rings. The van der Waals surface area contributed by atoms with Crippen LogP contribution in [0.3, 0.4) is 0 Å². The topological polar surface area (TPSA) is 0 Å². The summed E-state index contributed by atoms with van der Waals surface area (Å²) in [5, 5.41) is 0. The number of hydrogen-bond donors (Lipinski definition) is 0. The van der Waals surface area contributed by atoms with E-state index in [1.165, 1.54) is 24.9 Å². The van der Waals surface area contributed by atoms with Gasteiger partial charge in [0, 0.05) is 8.07 Å². The van der Waals surface area contributed by atoms with Gasteiger partial charge >= 0.3 is 0 Å². The Kier molecular flexibility index (Phi) is 3.68. The molecule has 88 valence electrons. The average Bonchev–Trinajstić information content (AvgIpc) is 2.72. The molecule has 0 heterocycles. The summed E-state index contributed by atoms with van der Waals surface area (Å²) in [6.07, 6.45) is 2.61. The standard InChI is InChI=1S/C10H16Br4Si/c1-15(2,5-7-3-9(7,11)12)6-8-4-10(8,13)14/h7-8H,3-6H2,1-2H3. The van der Waals surface area contributed by atoms with E-state index in [2.05, 4.69) is 76.8 Å². The molecule has 2 atom stereocenters. The van der Waals surface area contributed by atoms with Gasteiger partial charge in [-0.05, 0) is 24.7 Å². The lowest BCUT2D eigenvalue weighted by atomic mass is 10.5. The Labute approximate surface area is 127 Å². The fourth-order valence-electron chi connectivity index (χ4n) is 2.40. The highest BCUT2D eigenvalue weighted by atomic mass is 79.9. The molecule has 0 saturated heterocycles. The van der Waals surface area contributed by atoms with Crippen molar-refractivity contribution in [3.8, 4) is 0 Å². The Morgan fingerprint density at radius 1 is 0.933 bits per heavy atom. The molecular formula is C10H16Br4Si. The summed E-state index contributed by atoms with van der Waals surface area (Å²) in [6.45, 7) is 5.08. The predicted molar refractivity (Wildman–Crippen MR) is 84.5 cm³/mol. The van der Waals surface area contributed by atoms with Crippen molar-refractivity contribution < 1.29 is 0 Å². The van der Waals surface area contributed by atoms with Gasteiger partial charge in [-0.2, -0.15) is 0 Å². The number of rotatable bonds is 4. The first-order chi connectivity index (χ1) is 6.62. The zero-order valence-electron chi connectivity index (χ0n) is 8.99. The molecule has 0 amide bonds. The molecule has 2 aliphatic carbocycles. The van der Waals surface area contributed by atoms with Crippen LogP contribution in [0.5, 0.6) is 0 Å². The fraction of sp³-hybridized carbons (Fsp3) is 1.00. The molecule has 2 saturated carbocycles. The van der Waals surface area contributed by atoms with Crippen molar-refractivity contribution in [1.29, 1.82) is 0 Å². The predicted octanol–water partition coefficient (Wildman–Crippen LogP) is 5.71. The third kappa shape index (κ3) is 3.55. The second-order valence-electron chi connectivity index (χ2n) is 5.90. The van der Waals surface area contributed by atoms with E-state index in [0.717, 1.165) is 11.8 Å². The smallest absolute Gasteiger partial charge is 0.0724 e. The van der Waals surface area contributed by atoms with E-state index in [1.54, 1.807) is 0 Å². The van der Waals surface area contributed by atoms with E-state index >= 15 is 0 Å². The van der Waals surface area contributed by atoms with Crippen molar-refractivity contribution in [3.63, 3.8) is 0 Å². The minimum absolute atomic E-state index is 0.299. The summed E-state index contributed by atoms with van der Waals surface area (Å²) in [7, 11) is -1.00. The number of alkyl halides is 4. The van der Waals surface area contributed by atoms with Gasteiger partial charge in [-0.25, -0.2) is 0 Å². The molecule has 0 spiro atoms. The second-order valence-corrected chi connectivity index (χ2v) is 18.8. The van der Waals surface area contributed by atoms with Crippen LogP contribution in [0.1, 0.15) is 12.8 Å². The van der Waals surface area contributed by atoms with Gasteiger partial charge in [-0.15, -0.1) is 0 Å². The van der Waals surface area contributed by atoms with Crippen LogP contribution in [0.2, 0.25) is 25.2 Å². The third-order valence-electron chi connectivity index (χ3n) is 3.51. The molecule has 5 heteroatoms. The summed E-state index contributed by atoms with van der Waals surface area (Å²) < 4.78 is 0.599. The van der Waals surface area contributed by atoms with Crippen LogP contribution in [-0.2, 0) is 0 Å². The van der Waals surface area contributed by atoms with Crippen molar-refractivity contribution in [2.24, 2.45) is 11.8 Å². The second kappa shape index (κ2) is 4.07. The van der Waals surface area contributed by atoms with E-state index < -0.39 is 8.07 Å². The monoisotopic (exact) mass is 480 g/mol. The molecule has 0 N–H and O–H groups in total. The largest absolute Gasteiger partial charge is 0.0835 e. The molecule has 0 aromatic heterocycles. The van der Waals surface area contributed by atoms with Crippen LogP contribution in [0.15, 0.2) is 0 Å². The average molecular weight is 484 g/mol. The van der Waals surface area contributed by atoms with Crippen LogP contribution in [0, 0.1) is 11.8 Å². The Hall–Kier alpha value is 2.14. The first-order valence-corrected chi connectivity index (χ1v) is 12.0. The molecule has 0 radical (unpaired) electrons. The van der Waals surface area contributed by atoms with E-state index in [1.807, 2.05) is 0 Å². The molecule has 15 heavy (non-hydrogen) atoms. The van der Waals surface area contributed by atoms with Crippen molar-refractivity contribution in [1.82, 2.24) is 0 Å². The van der Waals surface area contributed by atoms with Gasteiger partial charge in [0.2, 0.25) is 0 Å². The molecule has 0 aliphatic heterocycles. The van der Waals surface area contributed by atoms with Crippen molar-refractivity contribution in [2.45, 2.75) is 44.5 Å². The van der Waals surface area contributed by atoms with Gasteiger partial charge < -0.3 is 0 Å². The van der Waals surface area contributed by atoms with Crippen LogP contribution < -0.4 is 0 Å². The van der Waals surface area contributed by atoms with Gasteiger partial charge in [-0.1, -0.05) is 88.9 Å². The van der Waals surface area contributed by atoms with Gasteiger partial charge in [0.25, 0.3) is 0 Å². The SMILES string of the molecule is C[Si](C)(CC1CC1(Br)Br)CC1CC1(Br)Br. The van der Waals surface area contributed by atoms with Crippen molar-refractivity contribution in [3.05, 3.63) is 0 Å². The van der Waals surface area contributed by atoms with Gasteiger partial charge in [0.1, 0.15) is 0 Å². The van der Waals surface area contributed by atoms with Crippen molar-refractivity contribution >= 4 is 71.8 Å². The summed E-state index contributed by atoms with van der Waals surface area (Å²) in [5.41, 5.74) is 0. The first kappa shape index (κ1) is 13.6. The zero-order valence-corrected chi connectivity index (χ0v) is 16.3. The van der Waals surface area contributed by atoms with Crippen LogP contribution >= 0.6 is 63.7 Å². The highest BCUT2D eigenvalue weighted by Gasteiger charge is 2.55. The number of hydrogen-bond acceptors (Lipinski definition) is 0. The van der Waals surface area contributed by atoms with E-state index in [-0.39, 0.29) is 0 Å². The Morgan fingerprint density at radius 3 is 1.40 bits per heavy atom. The van der Waals surface area contributed by atoms with Gasteiger partial charge in [-0.3, -0.25) is 0 Å². The molecular weight excluding hydrogens is 468 g/mol. The molecule has 0 aromatic rings. The Bertz CT molecular complexity index is 249. The van der Waals surface area contributed by atoms with Crippen LogP contribution in [-0.4, -0.2) is 14.5 Å². The van der Waals surface area contributed by atoms with Crippen LogP contribution in [0.25, 0.3) is 0 Å². The lowest BCUT2D eigenvalue weighted by Gasteiger charge is -2.23. The lowest BCUT2D eigenvalue weighted by Crippen LogP contribution is -2.27. The highest BCUT2D eigenvalue weighted by Crippen LogP contribution is 2.63. The molecule has 2 aliphatic rings. The molecule has 2 rings (SSSR count). The Balaban J connectivity index is 1.81. The van der Waals surface area contributed by atoms with E-state index in [0.29, 0.717) is 6.47 Å². The maximum absolute atomic E-state index is 3.73. The Morgan fingerprint density at radius 2 is 1.20 bits per heavy atom. The van der Waals surface area contributed by atoms with E-state index in [4.69, 9.17) is 0 Å². The fourth-order valence-corrected chi connectivity index (χ4v) is 9.63. The normalized spacial score (nSPS) is 36.4. The maximum Gasteiger partial charge on any atom is 0.0835 e. The summed E-state index contributed by atoms with van der Waals surface area (Å²) in [6, 6.07) is 2.91. The molecule has 0 aromatic carbocycles. The molecule has 0 bridgehead atoms. The van der Waals surface area contributed by atoms with Crippen molar-refractivity contribution in [2.75, 3.05) is 0 Å². The quantitative estimate of drug-likeness (QED) is 0.355. The lowest BCUT2D eigenvalue weighted by molar-refractivity contribution is 0.885. The minimum atomic E-state index is -1.00. The summed E-state index contributed by atoms with van der Waals surface area (Å²) >= 11 is 14.9. The molecule has 0 nitrogen and oxygen atoms in total. The number of halogens is 4. The van der Waals surface area contributed by atoms with E-state index in [9.17, 15) is 0 Å². The summed E-state index contributed by atoms with van der Waals surface area (Å²) in [4.78, 5) is 0. The third-order valence-corrected chi connectivity index (χ3v) is 10.6. The maximum atomic E-state index is 3.73. The summed E-state index contributed by atoms with van der Waals surface area (Å²) in [5.74, 6) is 1.75. The highest BCUT2D eigenvalue weighted by molar-refractivity contribution is 9.26. The zero-order chi connectivity index (χ0) is 11.5. The first-order valence-electron chi connectivity index (χ1n) is 5.38. The van der Waals surface area contributed by atoms with Crippen LogP contribution in [0.4, 0.5) is 0 Å². The van der Waals surface area contributed by atoms with Gasteiger partial charge in [0.05, 0.1) is 6.47 Å².